The molecular weight excluding hydrogens is 220 g/mol. The van der Waals surface area contributed by atoms with Crippen molar-refractivity contribution in [3.05, 3.63) is 20.2 Å². The lowest BCUT2D eigenvalue weighted by molar-refractivity contribution is -0.799. The minimum atomic E-state index is -2.25. The van der Waals surface area contributed by atoms with Gasteiger partial charge in [0.25, 0.3) is 0 Å². The molecule has 94 valence electrons. The zero-order valence-corrected chi connectivity index (χ0v) is 9.03. The first kappa shape index (κ1) is 14.7. The minimum absolute atomic E-state index is 0.168. The molecule has 2 N–H and O–H groups in total. The molecule has 0 heterocycles. The van der Waals surface area contributed by atoms with E-state index in [1.54, 1.807) is 6.92 Å². The van der Waals surface area contributed by atoms with Gasteiger partial charge in [0.05, 0.1) is 35.4 Å². The molecule has 0 aromatic carbocycles. The Morgan fingerprint density at radius 2 is 1.75 bits per heavy atom. The molecule has 0 aliphatic carbocycles. The van der Waals surface area contributed by atoms with Crippen LogP contribution in [0.3, 0.4) is 0 Å². The van der Waals surface area contributed by atoms with Crippen molar-refractivity contribution in [2.24, 2.45) is 0 Å². The van der Waals surface area contributed by atoms with Crippen molar-refractivity contribution in [1.82, 2.24) is 0 Å². The van der Waals surface area contributed by atoms with Crippen LogP contribution in [0.5, 0.6) is 0 Å². The summed E-state index contributed by atoms with van der Waals surface area (Å²) in [4.78, 5) is 19.7. The van der Waals surface area contributed by atoms with Gasteiger partial charge in [-0.25, -0.2) is 0 Å². The lowest BCUT2D eigenvalue weighted by Crippen LogP contribution is -2.46. The molecule has 16 heavy (non-hydrogen) atoms. The Balaban J connectivity index is 4.76. The van der Waals surface area contributed by atoms with Crippen molar-refractivity contribution < 1.29 is 20.1 Å². The number of rotatable bonds is 8. The number of nitrogens with zero attached hydrogens (tertiary/aromatic N) is 2. The topological polar surface area (TPSA) is 127 Å². The van der Waals surface area contributed by atoms with Gasteiger partial charge >= 0.3 is 5.66 Å². The van der Waals surface area contributed by atoms with E-state index in [1.165, 1.54) is 0 Å². The zero-order chi connectivity index (χ0) is 12.8. The highest BCUT2D eigenvalue weighted by molar-refractivity contribution is 4.69. The molecule has 1 unspecified atom stereocenters. The van der Waals surface area contributed by atoms with Crippen molar-refractivity contribution in [1.29, 1.82) is 0 Å². The van der Waals surface area contributed by atoms with Crippen molar-refractivity contribution in [2.75, 3.05) is 6.61 Å². The average molecular weight is 236 g/mol. The van der Waals surface area contributed by atoms with Gasteiger partial charge in [-0.1, -0.05) is 6.92 Å². The first-order valence-corrected chi connectivity index (χ1v) is 4.98. The highest BCUT2D eigenvalue weighted by Gasteiger charge is 2.54. The minimum Gasteiger partial charge on any atom is -0.394 e. The average Bonchev–Trinajstić information content (AvgIpc) is 2.22. The van der Waals surface area contributed by atoms with Crippen molar-refractivity contribution >= 4 is 0 Å². The predicted molar refractivity (Wildman–Crippen MR) is 54.0 cm³/mol. The van der Waals surface area contributed by atoms with Crippen LogP contribution < -0.4 is 0 Å². The first-order valence-electron chi connectivity index (χ1n) is 4.98. The fraction of sp³-hybridized carbons (Fsp3) is 1.00. The van der Waals surface area contributed by atoms with Gasteiger partial charge in [-0.05, 0) is 12.8 Å². The van der Waals surface area contributed by atoms with Gasteiger partial charge in [-0.15, -0.1) is 0 Å². The molecule has 0 saturated heterocycles. The second kappa shape index (κ2) is 6.33. The van der Waals surface area contributed by atoms with Gasteiger partial charge in [0.15, 0.2) is 0 Å². The van der Waals surface area contributed by atoms with Crippen LogP contribution in [0.1, 0.15) is 32.6 Å². The summed E-state index contributed by atoms with van der Waals surface area (Å²) in [6.45, 7) is 1.06. The van der Waals surface area contributed by atoms with Gasteiger partial charge in [-0.2, -0.15) is 0 Å². The Morgan fingerprint density at radius 3 is 2.06 bits per heavy atom. The Labute approximate surface area is 92.2 Å². The number of nitro groups is 2. The highest BCUT2D eigenvalue weighted by Crippen LogP contribution is 2.25. The maximum Gasteiger partial charge on any atom is 0.458 e. The van der Waals surface area contributed by atoms with E-state index in [1.807, 2.05) is 0 Å². The molecule has 1 atom stereocenters. The molecular formula is C8H16N2O6. The maximum atomic E-state index is 10.8. The van der Waals surface area contributed by atoms with Crippen LogP contribution in [0.15, 0.2) is 0 Å². The van der Waals surface area contributed by atoms with Gasteiger partial charge in [0.2, 0.25) is 0 Å². The van der Waals surface area contributed by atoms with Gasteiger partial charge in [-0.3, -0.25) is 20.2 Å². The summed E-state index contributed by atoms with van der Waals surface area (Å²) in [6.07, 6.45) is -1.60. The Morgan fingerprint density at radius 1 is 1.25 bits per heavy atom. The second-order valence-electron chi connectivity index (χ2n) is 3.62. The van der Waals surface area contributed by atoms with Crippen LogP contribution in [0.25, 0.3) is 0 Å². The van der Waals surface area contributed by atoms with Gasteiger partial charge in [0.1, 0.15) is 0 Å². The van der Waals surface area contributed by atoms with Gasteiger partial charge in [0, 0.05) is 0 Å². The summed E-state index contributed by atoms with van der Waals surface area (Å²) in [5.41, 5.74) is -2.25. The van der Waals surface area contributed by atoms with Crippen LogP contribution in [-0.4, -0.2) is 38.4 Å². The molecule has 0 rings (SSSR count). The normalized spacial score (nSPS) is 13.4. The van der Waals surface area contributed by atoms with Crippen molar-refractivity contribution in [2.45, 2.75) is 44.4 Å². The van der Waals surface area contributed by atoms with E-state index in [2.05, 4.69) is 0 Å². The number of aliphatic hydroxyl groups excluding tert-OH is 2. The van der Waals surface area contributed by atoms with Crippen LogP contribution in [0.2, 0.25) is 0 Å². The number of hydrogen-bond acceptors (Lipinski definition) is 6. The first-order chi connectivity index (χ1) is 7.40. The molecule has 0 aromatic rings. The maximum absolute atomic E-state index is 10.8. The third-order valence-corrected chi connectivity index (χ3v) is 2.42. The number of aliphatic hydroxyl groups is 2. The van der Waals surface area contributed by atoms with Gasteiger partial charge < -0.3 is 10.2 Å². The molecule has 0 aromatic heterocycles. The van der Waals surface area contributed by atoms with E-state index in [0.29, 0.717) is 6.42 Å². The van der Waals surface area contributed by atoms with Crippen LogP contribution >= 0.6 is 0 Å². The van der Waals surface area contributed by atoms with E-state index in [0.717, 1.165) is 0 Å². The Bertz CT molecular complexity index is 243. The molecule has 0 radical (unpaired) electrons. The summed E-state index contributed by atoms with van der Waals surface area (Å²) in [6, 6.07) is 0. The highest BCUT2D eigenvalue weighted by atomic mass is 16.7. The zero-order valence-electron chi connectivity index (χ0n) is 9.03. The molecule has 0 spiro atoms. The second-order valence-corrected chi connectivity index (χ2v) is 3.62. The molecule has 0 aliphatic rings. The monoisotopic (exact) mass is 236 g/mol. The SMILES string of the molecule is CCCC(CCC(O)CO)([N+](=O)[O-])[N+](=O)[O-]. The third kappa shape index (κ3) is 3.38. The summed E-state index contributed by atoms with van der Waals surface area (Å²) in [7, 11) is 0. The van der Waals surface area contributed by atoms with E-state index in [9.17, 15) is 20.2 Å². The summed E-state index contributed by atoms with van der Waals surface area (Å²) >= 11 is 0. The molecule has 8 heteroatoms. The Hall–Kier alpha value is -1.28. The van der Waals surface area contributed by atoms with E-state index in [-0.39, 0.29) is 19.3 Å². The summed E-state index contributed by atoms with van der Waals surface area (Å²) in [5.74, 6) is 0. The van der Waals surface area contributed by atoms with E-state index < -0.39 is 28.2 Å². The molecule has 0 aliphatic heterocycles. The Kier molecular flexibility index (Phi) is 5.83. The van der Waals surface area contributed by atoms with E-state index >= 15 is 0 Å². The standard InChI is InChI=1S/C8H16N2O6/c1-2-4-8(9(13)14,10(15)16)5-3-7(12)6-11/h7,11-12H,2-6H2,1H3. The predicted octanol–water partition coefficient (Wildman–Crippen LogP) is 0.170. The summed E-state index contributed by atoms with van der Waals surface area (Å²) in [5, 5.41) is 39.2. The van der Waals surface area contributed by atoms with Crippen molar-refractivity contribution in [3.8, 4) is 0 Å². The fourth-order valence-corrected chi connectivity index (χ4v) is 1.45. The third-order valence-electron chi connectivity index (χ3n) is 2.42. The molecule has 8 nitrogen and oxygen atoms in total. The molecule has 0 fully saturated rings. The fourth-order valence-electron chi connectivity index (χ4n) is 1.45. The lowest BCUT2D eigenvalue weighted by Gasteiger charge is -2.17. The molecule has 0 bridgehead atoms. The quantitative estimate of drug-likeness (QED) is 0.351. The smallest absolute Gasteiger partial charge is 0.394 e. The van der Waals surface area contributed by atoms with E-state index in [4.69, 9.17) is 10.2 Å². The summed E-state index contributed by atoms with van der Waals surface area (Å²) < 4.78 is 0. The van der Waals surface area contributed by atoms with Crippen molar-refractivity contribution in [3.63, 3.8) is 0 Å². The molecule has 0 saturated carbocycles. The van der Waals surface area contributed by atoms with Crippen LogP contribution in [0, 0.1) is 20.2 Å². The largest absolute Gasteiger partial charge is 0.458 e. The van der Waals surface area contributed by atoms with Crippen LogP contribution in [0.4, 0.5) is 0 Å². The number of hydrogen-bond donors (Lipinski definition) is 2. The molecule has 0 amide bonds. The van der Waals surface area contributed by atoms with Crippen LogP contribution in [-0.2, 0) is 0 Å². The lowest BCUT2D eigenvalue weighted by atomic mass is 9.97.